The lowest BCUT2D eigenvalue weighted by Gasteiger charge is -2.11. The third-order valence-corrected chi connectivity index (χ3v) is 3.72. The number of methoxy groups -OCH3 is 2. The molecule has 1 aromatic heterocycles. The van der Waals surface area contributed by atoms with E-state index in [-0.39, 0.29) is 17.9 Å². The Morgan fingerprint density at radius 2 is 1.83 bits per heavy atom. The molecule has 0 unspecified atom stereocenters. The first-order valence-corrected chi connectivity index (χ1v) is 7.53. The maximum absolute atomic E-state index is 12.1. The fourth-order valence-electron chi connectivity index (χ4n) is 1.95. The number of carbonyl (C=O) groups is 1. The van der Waals surface area contributed by atoms with Crippen molar-refractivity contribution in [3.8, 4) is 22.8 Å². The Bertz CT molecular complexity index is 781. The molecular formula is C16H15BrO6. The van der Waals surface area contributed by atoms with Crippen LogP contribution in [0.3, 0.4) is 0 Å². The topological polar surface area (TPSA) is 75.0 Å². The monoisotopic (exact) mass is 382 g/mol. The van der Waals surface area contributed by atoms with E-state index in [1.54, 1.807) is 19.1 Å². The Balaban J connectivity index is 2.49. The van der Waals surface area contributed by atoms with Gasteiger partial charge in [-0.3, -0.25) is 4.79 Å². The summed E-state index contributed by atoms with van der Waals surface area (Å²) in [6, 6.07) is 4.61. The van der Waals surface area contributed by atoms with Gasteiger partial charge in [-0.15, -0.1) is 0 Å². The summed E-state index contributed by atoms with van der Waals surface area (Å²) in [5.74, 6) is 0.603. The summed E-state index contributed by atoms with van der Waals surface area (Å²) in [6.07, 6.45) is 1.10. The molecule has 0 N–H and O–H groups in total. The van der Waals surface area contributed by atoms with E-state index in [4.69, 9.17) is 18.6 Å². The summed E-state index contributed by atoms with van der Waals surface area (Å²) in [5, 5.41) is 0. The molecule has 0 aliphatic rings. The van der Waals surface area contributed by atoms with E-state index in [1.165, 1.54) is 20.3 Å². The van der Waals surface area contributed by atoms with Crippen molar-refractivity contribution in [3.05, 3.63) is 44.7 Å². The van der Waals surface area contributed by atoms with Gasteiger partial charge in [-0.2, -0.15) is 0 Å². The second kappa shape index (κ2) is 7.32. The van der Waals surface area contributed by atoms with Crippen LogP contribution < -0.4 is 14.9 Å². The highest BCUT2D eigenvalue weighted by Crippen LogP contribution is 2.38. The first-order valence-electron chi connectivity index (χ1n) is 6.73. The van der Waals surface area contributed by atoms with E-state index in [0.717, 1.165) is 6.26 Å². The molecular weight excluding hydrogens is 368 g/mol. The number of hydrogen-bond donors (Lipinski definition) is 0. The van der Waals surface area contributed by atoms with Crippen LogP contribution in [0.25, 0.3) is 11.3 Å². The van der Waals surface area contributed by atoms with Crippen molar-refractivity contribution in [2.24, 2.45) is 0 Å². The zero-order valence-electron chi connectivity index (χ0n) is 12.8. The molecule has 0 spiro atoms. The zero-order valence-corrected chi connectivity index (χ0v) is 14.4. The van der Waals surface area contributed by atoms with Crippen LogP contribution in [0, 0.1) is 0 Å². The molecule has 0 amide bonds. The van der Waals surface area contributed by atoms with Crippen LogP contribution >= 0.6 is 15.9 Å². The standard InChI is InChI=1S/C16H15BrO6/c1-4-22-16(19)10-8-23-13(7-12(10)18)9-5-14(20-2)15(21-3)6-11(9)17/h5-8H,4H2,1-3H3. The molecule has 0 radical (unpaired) electrons. The first kappa shape index (κ1) is 17.1. The Kier molecular flexibility index (Phi) is 5.44. The van der Waals surface area contributed by atoms with Crippen molar-refractivity contribution < 1.29 is 23.4 Å². The Morgan fingerprint density at radius 3 is 2.39 bits per heavy atom. The quantitative estimate of drug-likeness (QED) is 0.738. The molecule has 1 heterocycles. The minimum Gasteiger partial charge on any atom is -0.493 e. The fraction of sp³-hybridized carbons (Fsp3) is 0.250. The second-order valence-electron chi connectivity index (χ2n) is 4.43. The number of rotatable bonds is 5. The molecule has 0 saturated carbocycles. The third kappa shape index (κ3) is 3.56. The van der Waals surface area contributed by atoms with Crippen LogP contribution in [-0.4, -0.2) is 26.8 Å². The second-order valence-corrected chi connectivity index (χ2v) is 5.28. The average molecular weight is 383 g/mol. The van der Waals surface area contributed by atoms with Gasteiger partial charge in [0.05, 0.1) is 20.8 Å². The predicted molar refractivity (Wildman–Crippen MR) is 87.2 cm³/mol. The van der Waals surface area contributed by atoms with Gasteiger partial charge in [0.2, 0.25) is 0 Å². The molecule has 1 aromatic carbocycles. The summed E-state index contributed by atoms with van der Waals surface area (Å²) in [7, 11) is 3.04. The van der Waals surface area contributed by atoms with Gasteiger partial charge in [0, 0.05) is 16.1 Å². The molecule has 2 aromatic rings. The molecule has 0 aliphatic heterocycles. The van der Waals surface area contributed by atoms with Crippen molar-refractivity contribution in [1.82, 2.24) is 0 Å². The van der Waals surface area contributed by atoms with E-state index < -0.39 is 11.4 Å². The highest BCUT2D eigenvalue weighted by molar-refractivity contribution is 9.10. The first-order chi connectivity index (χ1) is 11.0. The summed E-state index contributed by atoms with van der Waals surface area (Å²) in [5.41, 5.74) is -0.0336. The van der Waals surface area contributed by atoms with E-state index in [0.29, 0.717) is 21.5 Å². The van der Waals surface area contributed by atoms with Gasteiger partial charge in [0.1, 0.15) is 17.6 Å². The van der Waals surface area contributed by atoms with E-state index in [2.05, 4.69) is 15.9 Å². The minimum atomic E-state index is -0.709. The van der Waals surface area contributed by atoms with Gasteiger partial charge in [-0.1, -0.05) is 0 Å². The van der Waals surface area contributed by atoms with Crippen molar-refractivity contribution in [1.29, 1.82) is 0 Å². The Morgan fingerprint density at radius 1 is 1.17 bits per heavy atom. The number of hydrogen-bond acceptors (Lipinski definition) is 6. The van der Waals surface area contributed by atoms with Crippen molar-refractivity contribution in [2.75, 3.05) is 20.8 Å². The molecule has 0 bridgehead atoms. The Labute approximate surface area is 141 Å². The highest BCUT2D eigenvalue weighted by Gasteiger charge is 2.17. The van der Waals surface area contributed by atoms with Gasteiger partial charge in [0.25, 0.3) is 0 Å². The number of halogens is 1. The summed E-state index contributed by atoms with van der Waals surface area (Å²) < 4.78 is 21.3. The molecule has 2 rings (SSSR count). The predicted octanol–water partition coefficient (Wildman–Crippen LogP) is 3.26. The summed E-state index contributed by atoms with van der Waals surface area (Å²) in [4.78, 5) is 23.7. The lowest BCUT2D eigenvalue weighted by Crippen LogP contribution is -2.16. The molecule has 0 fully saturated rings. The SMILES string of the molecule is CCOC(=O)c1coc(-c2cc(OC)c(OC)cc2Br)cc1=O. The van der Waals surface area contributed by atoms with Crippen LogP contribution in [0.2, 0.25) is 0 Å². The normalized spacial score (nSPS) is 10.3. The Hall–Kier alpha value is -2.28. The largest absolute Gasteiger partial charge is 0.493 e. The van der Waals surface area contributed by atoms with E-state index >= 15 is 0 Å². The average Bonchev–Trinajstić information content (AvgIpc) is 2.54. The molecule has 122 valence electrons. The molecule has 0 atom stereocenters. The van der Waals surface area contributed by atoms with Crippen LogP contribution in [0.5, 0.6) is 11.5 Å². The van der Waals surface area contributed by atoms with E-state index in [1.807, 2.05) is 0 Å². The molecule has 23 heavy (non-hydrogen) atoms. The van der Waals surface area contributed by atoms with Gasteiger partial charge in [-0.25, -0.2) is 4.79 Å². The number of esters is 1. The zero-order chi connectivity index (χ0) is 17.0. The summed E-state index contributed by atoms with van der Waals surface area (Å²) >= 11 is 3.40. The van der Waals surface area contributed by atoms with Gasteiger partial charge < -0.3 is 18.6 Å². The maximum atomic E-state index is 12.1. The van der Waals surface area contributed by atoms with Gasteiger partial charge in [0.15, 0.2) is 16.9 Å². The third-order valence-electron chi connectivity index (χ3n) is 3.07. The maximum Gasteiger partial charge on any atom is 0.345 e. The van der Waals surface area contributed by atoms with Crippen molar-refractivity contribution in [2.45, 2.75) is 6.92 Å². The van der Waals surface area contributed by atoms with Gasteiger partial charge in [-0.05, 0) is 35.0 Å². The van der Waals surface area contributed by atoms with Crippen LogP contribution in [0.15, 0.2) is 38.1 Å². The van der Waals surface area contributed by atoms with Crippen molar-refractivity contribution in [3.63, 3.8) is 0 Å². The smallest absolute Gasteiger partial charge is 0.345 e. The number of ether oxygens (including phenoxy) is 3. The van der Waals surface area contributed by atoms with Gasteiger partial charge >= 0.3 is 5.97 Å². The number of carbonyl (C=O) groups excluding carboxylic acids is 1. The fourth-order valence-corrected chi connectivity index (χ4v) is 2.47. The highest BCUT2D eigenvalue weighted by atomic mass is 79.9. The van der Waals surface area contributed by atoms with Crippen molar-refractivity contribution >= 4 is 21.9 Å². The molecule has 0 aliphatic carbocycles. The van der Waals surface area contributed by atoms with Crippen LogP contribution in [-0.2, 0) is 4.74 Å². The molecule has 0 saturated heterocycles. The number of benzene rings is 1. The minimum absolute atomic E-state index is 0.146. The lowest BCUT2D eigenvalue weighted by atomic mass is 10.1. The molecule has 7 heteroatoms. The lowest BCUT2D eigenvalue weighted by molar-refractivity contribution is 0.0522. The van der Waals surface area contributed by atoms with Crippen LogP contribution in [0.4, 0.5) is 0 Å². The molecule has 6 nitrogen and oxygen atoms in total. The van der Waals surface area contributed by atoms with E-state index in [9.17, 15) is 9.59 Å². The summed E-state index contributed by atoms with van der Waals surface area (Å²) in [6.45, 7) is 1.84. The van der Waals surface area contributed by atoms with Crippen LogP contribution in [0.1, 0.15) is 17.3 Å².